The van der Waals surface area contributed by atoms with E-state index in [0.717, 1.165) is 61.2 Å². The second-order valence-corrected chi connectivity index (χ2v) is 12.3. The molecular formula is C32H51N3O7. The number of aliphatic hydroxyl groups is 1. The number of benzene rings is 1. The van der Waals surface area contributed by atoms with Crippen LogP contribution in [-0.4, -0.2) is 93.2 Å². The fraction of sp³-hybridized carbons (Fsp3) is 0.750. The van der Waals surface area contributed by atoms with Crippen molar-refractivity contribution >= 4 is 11.8 Å². The van der Waals surface area contributed by atoms with Crippen molar-refractivity contribution in [2.75, 3.05) is 53.2 Å². The standard InChI is InChI=1S/C32H51N3O7/c1-5-40-20-23(14-21(2)3)34-31(37)26-17-33-18-27(30(26)36)32(38)35(24-9-10-24)19-22-15-28-25(8-6-12-41-28)29(16-22)42-13-7-11-39-4/h15-16,21,23-24,26-27,30,33,36H,5-14,17-20H2,1-4H3,(H,34,37)/t23?,26-,27+,30-/m1/s1. The molecule has 10 nitrogen and oxygen atoms in total. The van der Waals surface area contributed by atoms with E-state index >= 15 is 0 Å². The van der Waals surface area contributed by atoms with Gasteiger partial charge in [-0.3, -0.25) is 9.59 Å². The third-order valence-corrected chi connectivity index (χ3v) is 8.26. The van der Waals surface area contributed by atoms with Crippen LogP contribution in [0.25, 0.3) is 0 Å². The van der Waals surface area contributed by atoms with Crippen LogP contribution in [0.15, 0.2) is 12.1 Å². The number of methoxy groups -OCH3 is 1. The lowest BCUT2D eigenvalue weighted by Crippen LogP contribution is -2.58. The highest BCUT2D eigenvalue weighted by Crippen LogP contribution is 2.37. The largest absolute Gasteiger partial charge is 0.493 e. The second-order valence-electron chi connectivity index (χ2n) is 12.3. The van der Waals surface area contributed by atoms with E-state index in [1.807, 2.05) is 24.0 Å². The molecule has 0 aromatic heterocycles. The van der Waals surface area contributed by atoms with Crippen LogP contribution < -0.4 is 20.1 Å². The number of carbonyl (C=O) groups is 2. The molecule has 1 saturated carbocycles. The van der Waals surface area contributed by atoms with Crippen LogP contribution in [-0.2, 0) is 32.0 Å². The summed E-state index contributed by atoms with van der Waals surface area (Å²) in [5, 5.41) is 17.7. The number of ether oxygens (including phenoxy) is 4. The number of nitrogens with zero attached hydrogens (tertiary/aromatic N) is 1. The highest BCUT2D eigenvalue weighted by atomic mass is 16.5. The first kappa shape index (κ1) is 32.5. The predicted octanol–water partition coefficient (Wildman–Crippen LogP) is 2.68. The van der Waals surface area contributed by atoms with E-state index in [0.29, 0.717) is 58.6 Å². The summed E-state index contributed by atoms with van der Waals surface area (Å²) >= 11 is 0. The zero-order valence-electron chi connectivity index (χ0n) is 25.9. The van der Waals surface area contributed by atoms with Gasteiger partial charge in [0.15, 0.2) is 0 Å². The van der Waals surface area contributed by atoms with Gasteiger partial charge in [0.05, 0.1) is 43.8 Å². The third-order valence-electron chi connectivity index (χ3n) is 8.26. The Labute approximate surface area is 250 Å². The molecule has 2 aliphatic heterocycles. The minimum atomic E-state index is -1.07. The lowest BCUT2D eigenvalue weighted by atomic mass is 9.85. The lowest BCUT2D eigenvalue weighted by Gasteiger charge is -2.37. The van der Waals surface area contributed by atoms with E-state index in [1.165, 1.54) is 0 Å². The summed E-state index contributed by atoms with van der Waals surface area (Å²) in [7, 11) is 1.68. The molecule has 0 spiro atoms. The zero-order chi connectivity index (χ0) is 30.1. The Balaban J connectivity index is 1.46. The molecule has 3 N–H and O–H groups in total. The van der Waals surface area contributed by atoms with Crippen molar-refractivity contribution < 1.29 is 33.6 Å². The van der Waals surface area contributed by atoms with Crippen LogP contribution in [0.5, 0.6) is 11.5 Å². The monoisotopic (exact) mass is 589 g/mol. The molecule has 4 rings (SSSR count). The van der Waals surface area contributed by atoms with Gasteiger partial charge in [0.1, 0.15) is 11.5 Å². The number of hydrogen-bond acceptors (Lipinski definition) is 8. The molecule has 10 heteroatoms. The number of piperidine rings is 1. The number of aliphatic hydroxyl groups excluding tert-OH is 1. The Morgan fingerprint density at radius 2 is 1.98 bits per heavy atom. The normalized spacial score (nSPS) is 22.7. The first-order valence-corrected chi connectivity index (χ1v) is 15.8. The Bertz CT molecular complexity index is 1030. The molecule has 1 aliphatic carbocycles. The van der Waals surface area contributed by atoms with Crippen molar-refractivity contribution in [3.05, 3.63) is 23.3 Å². The van der Waals surface area contributed by atoms with Gasteiger partial charge in [-0.2, -0.15) is 0 Å². The molecular weight excluding hydrogens is 538 g/mol. The van der Waals surface area contributed by atoms with E-state index in [2.05, 4.69) is 24.5 Å². The summed E-state index contributed by atoms with van der Waals surface area (Å²) in [5.41, 5.74) is 2.02. The van der Waals surface area contributed by atoms with Crippen molar-refractivity contribution in [1.82, 2.24) is 15.5 Å². The van der Waals surface area contributed by atoms with Crippen molar-refractivity contribution in [3.63, 3.8) is 0 Å². The second kappa shape index (κ2) is 15.9. The van der Waals surface area contributed by atoms with E-state index in [4.69, 9.17) is 18.9 Å². The summed E-state index contributed by atoms with van der Waals surface area (Å²) in [4.78, 5) is 29.2. The summed E-state index contributed by atoms with van der Waals surface area (Å²) in [5.74, 6) is 0.237. The number of carbonyl (C=O) groups excluding carboxylic acids is 2. The van der Waals surface area contributed by atoms with E-state index < -0.39 is 17.9 Å². The number of amides is 2. The zero-order valence-corrected chi connectivity index (χ0v) is 25.9. The molecule has 2 amide bonds. The predicted molar refractivity (Wildman–Crippen MR) is 160 cm³/mol. The van der Waals surface area contributed by atoms with Gasteiger partial charge in [-0.1, -0.05) is 13.8 Å². The highest BCUT2D eigenvalue weighted by Gasteiger charge is 2.44. The number of nitrogens with one attached hydrogen (secondary N) is 2. The van der Waals surface area contributed by atoms with Crippen molar-refractivity contribution in [2.45, 2.75) is 84.0 Å². The Morgan fingerprint density at radius 3 is 2.69 bits per heavy atom. The lowest BCUT2D eigenvalue weighted by molar-refractivity contribution is -0.146. The first-order chi connectivity index (χ1) is 20.3. The average molecular weight is 590 g/mol. The smallest absolute Gasteiger partial charge is 0.230 e. The Morgan fingerprint density at radius 1 is 1.19 bits per heavy atom. The molecule has 1 aromatic rings. The maximum atomic E-state index is 14.0. The van der Waals surface area contributed by atoms with Gasteiger partial charge >= 0.3 is 0 Å². The van der Waals surface area contributed by atoms with Crippen molar-refractivity contribution in [1.29, 1.82) is 0 Å². The fourth-order valence-electron chi connectivity index (χ4n) is 5.97. The summed E-state index contributed by atoms with van der Waals surface area (Å²) in [6, 6.07) is 4.05. The highest BCUT2D eigenvalue weighted by molar-refractivity contribution is 5.84. The van der Waals surface area contributed by atoms with Crippen LogP contribution in [0.2, 0.25) is 0 Å². The van der Waals surface area contributed by atoms with E-state index in [9.17, 15) is 14.7 Å². The molecule has 1 unspecified atom stereocenters. The van der Waals surface area contributed by atoms with Gasteiger partial charge < -0.3 is 39.6 Å². The molecule has 1 aromatic carbocycles. The van der Waals surface area contributed by atoms with E-state index in [1.54, 1.807) is 7.11 Å². The molecule has 0 bridgehead atoms. The summed E-state index contributed by atoms with van der Waals surface area (Å²) < 4.78 is 22.9. The van der Waals surface area contributed by atoms with Gasteiger partial charge in [0, 0.05) is 58.0 Å². The number of fused-ring (bicyclic) bond motifs is 1. The molecule has 1 saturated heterocycles. The van der Waals surface area contributed by atoms with Crippen LogP contribution in [0.1, 0.15) is 64.0 Å². The maximum Gasteiger partial charge on any atom is 0.230 e. The van der Waals surface area contributed by atoms with Crippen LogP contribution in [0, 0.1) is 17.8 Å². The molecule has 4 atom stereocenters. The topological polar surface area (TPSA) is 119 Å². The van der Waals surface area contributed by atoms with Gasteiger partial charge in [-0.05, 0) is 62.6 Å². The quantitative estimate of drug-likeness (QED) is 0.252. The van der Waals surface area contributed by atoms with Crippen LogP contribution in [0.4, 0.5) is 0 Å². The Kier molecular flexibility index (Phi) is 12.3. The number of rotatable bonds is 16. The molecule has 3 aliphatic rings. The molecule has 236 valence electrons. The number of hydrogen-bond donors (Lipinski definition) is 3. The third kappa shape index (κ3) is 8.81. The summed E-state index contributed by atoms with van der Waals surface area (Å²) in [6.45, 7) is 10.0. The molecule has 0 radical (unpaired) electrons. The minimum absolute atomic E-state index is 0.121. The van der Waals surface area contributed by atoms with Gasteiger partial charge in [-0.15, -0.1) is 0 Å². The van der Waals surface area contributed by atoms with Crippen molar-refractivity contribution in [3.8, 4) is 11.5 Å². The average Bonchev–Trinajstić information content (AvgIpc) is 3.82. The van der Waals surface area contributed by atoms with Gasteiger partial charge in [-0.25, -0.2) is 0 Å². The van der Waals surface area contributed by atoms with E-state index in [-0.39, 0.29) is 23.9 Å². The van der Waals surface area contributed by atoms with Gasteiger partial charge in [0.25, 0.3) is 0 Å². The minimum Gasteiger partial charge on any atom is -0.493 e. The first-order valence-electron chi connectivity index (χ1n) is 15.8. The molecule has 2 heterocycles. The maximum absolute atomic E-state index is 14.0. The van der Waals surface area contributed by atoms with Crippen LogP contribution in [0.3, 0.4) is 0 Å². The van der Waals surface area contributed by atoms with Crippen molar-refractivity contribution in [2.24, 2.45) is 17.8 Å². The molecule has 2 fully saturated rings. The Hall–Kier alpha value is -2.40. The fourth-order valence-corrected chi connectivity index (χ4v) is 5.97. The van der Waals surface area contributed by atoms with Crippen LogP contribution >= 0.6 is 0 Å². The SMILES string of the molecule is CCOCC(CC(C)C)NC(=O)[C@@H]1CNC[C@H](C(=O)N(Cc2cc(OCCCOC)c3c(c2)OCCC3)C2CC2)[C@@H]1O. The summed E-state index contributed by atoms with van der Waals surface area (Å²) in [6.07, 6.45) is 4.20. The molecule has 42 heavy (non-hydrogen) atoms. The van der Waals surface area contributed by atoms with Gasteiger partial charge in [0.2, 0.25) is 11.8 Å².